The zero-order valence-electron chi connectivity index (χ0n) is 21.1. The van der Waals surface area contributed by atoms with Gasteiger partial charge < -0.3 is 20.3 Å². The zero-order chi connectivity index (χ0) is 26.4. The van der Waals surface area contributed by atoms with Crippen LogP contribution < -0.4 is 10.6 Å². The molecular weight excluding hydrogens is 476 g/mol. The predicted octanol–water partition coefficient (Wildman–Crippen LogP) is 4.83. The lowest BCUT2D eigenvalue weighted by Crippen LogP contribution is -2.22. The van der Waals surface area contributed by atoms with Gasteiger partial charge in [-0.2, -0.15) is 10.1 Å². The number of carboxylic acid groups (broad SMARTS) is 1. The van der Waals surface area contributed by atoms with Gasteiger partial charge in [-0.25, -0.2) is 14.3 Å². The fraction of sp³-hybridized carbons (Fsp3) is 0.400. The smallest absolute Gasteiger partial charge is 0.323 e. The van der Waals surface area contributed by atoms with E-state index in [0.29, 0.717) is 23.0 Å². The van der Waals surface area contributed by atoms with Crippen molar-refractivity contribution in [3.8, 4) is 11.5 Å². The van der Waals surface area contributed by atoms with E-state index in [9.17, 15) is 9.59 Å². The summed E-state index contributed by atoms with van der Waals surface area (Å²) in [5.41, 5.74) is 4.05. The first-order valence-corrected chi connectivity index (χ1v) is 12.4. The lowest BCUT2D eigenvalue weighted by molar-refractivity contribution is -0.137. The molecule has 1 fully saturated rings. The van der Waals surface area contributed by atoms with Crippen molar-refractivity contribution in [2.45, 2.75) is 65.2 Å². The molecule has 4 aromatic heterocycles. The topological polar surface area (TPSA) is 160 Å². The second kappa shape index (κ2) is 11.6. The van der Waals surface area contributed by atoms with Crippen LogP contribution in [-0.2, 0) is 11.2 Å². The van der Waals surface area contributed by atoms with E-state index in [1.165, 1.54) is 6.20 Å². The number of urea groups is 1. The van der Waals surface area contributed by atoms with Gasteiger partial charge in [-0.3, -0.25) is 9.78 Å². The number of amides is 2. The summed E-state index contributed by atoms with van der Waals surface area (Å²) in [4.78, 5) is 36.5. The highest BCUT2D eigenvalue weighted by Gasteiger charge is 2.25. The van der Waals surface area contributed by atoms with E-state index in [0.717, 1.165) is 42.6 Å². The van der Waals surface area contributed by atoms with Gasteiger partial charge in [0, 0.05) is 18.4 Å². The molecule has 1 aliphatic carbocycles. The maximum Gasteiger partial charge on any atom is 0.323 e. The number of carbonyl (C=O) groups excluding carboxylic acids is 1. The standard InChI is InChI=1S/C23H24N8O4.C2H6/c1-13-10-15(11-25-20(13)22-29-18(35-30-22)6-7-19(32)33)27-23(34)28-16-12-24-17-8-9-26-31(17)21(16)14-4-2-3-5-14;1-2/h8-12,14H,2-7H2,1H3,(H,32,33)(H2,27,28,34);1-2H3. The van der Waals surface area contributed by atoms with Gasteiger partial charge >= 0.3 is 12.0 Å². The maximum absolute atomic E-state index is 12.8. The zero-order valence-corrected chi connectivity index (χ0v) is 21.1. The first-order valence-electron chi connectivity index (χ1n) is 12.4. The Hall–Kier alpha value is -4.35. The minimum Gasteiger partial charge on any atom is -0.481 e. The van der Waals surface area contributed by atoms with Crippen molar-refractivity contribution in [3.05, 3.63) is 47.9 Å². The van der Waals surface area contributed by atoms with Gasteiger partial charge in [0.25, 0.3) is 0 Å². The fourth-order valence-electron chi connectivity index (χ4n) is 4.41. The monoisotopic (exact) mass is 506 g/mol. The molecule has 0 atom stereocenters. The number of pyridine rings is 1. The van der Waals surface area contributed by atoms with E-state index in [-0.39, 0.29) is 24.6 Å². The third-order valence-corrected chi connectivity index (χ3v) is 6.01. The van der Waals surface area contributed by atoms with Crippen LogP contribution in [0.25, 0.3) is 17.2 Å². The van der Waals surface area contributed by atoms with Crippen LogP contribution in [0.4, 0.5) is 16.2 Å². The molecule has 1 aliphatic rings. The number of fused-ring (bicyclic) bond motifs is 1. The van der Waals surface area contributed by atoms with Crippen LogP contribution in [0.2, 0.25) is 0 Å². The molecule has 5 rings (SSSR count). The molecule has 3 N–H and O–H groups in total. The molecule has 4 heterocycles. The number of aromatic nitrogens is 6. The molecule has 4 aromatic rings. The second-order valence-electron chi connectivity index (χ2n) is 8.51. The predicted molar refractivity (Wildman–Crippen MR) is 136 cm³/mol. The number of carboxylic acids is 1. The number of nitrogens with one attached hydrogen (secondary N) is 2. The van der Waals surface area contributed by atoms with Crippen LogP contribution >= 0.6 is 0 Å². The molecular formula is C25H30N8O4. The van der Waals surface area contributed by atoms with Crippen molar-refractivity contribution >= 4 is 29.0 Å². The Labute approximate surface area is 213 Å². The number of aryl methyl sites for hydroxylation is 2. The Bertz CT molecular complexity index is 1390. The van der Waals surface area contributed by atoms with Crippen molar-refractivity contribution in [2.75, 3.05) is 10.6 Å². The third-order valence-electron chi connectivity index (χ3n) is 6.01. The summed E-state index contributed by atoms with van der Waals surface area (Å²) in [6, 6.07) is 3.18. The van der Waals surface area contributed by atoms with Crippen LogP contribution in [-0.4, -0.2) is 46.8 Å². The molecule has 12 nitrogen and oxygen atoms in total. The van der Waals surface area contributed by atoms with Crippen molar-refractivity contribution < 1.29 is 19.2 Å². The fourth-order valence-corrected chi connectivity index (χ4v) is 4.41. The molecule has 0 unspecified atom stereocenters. The summed E-state index contributed by atoms with van der Waals surface area (Å²) >= 11 is 0. The highest BCUT2D eigenvalue weighted by molar-refractivity contribution is 6.00. The third kappa shape index (κ3) is 5.90. The first-order chi connectivity index (χ1) is 18.0. The van der Waals surface area contributed by atoms with E-state index >= 15 is 0 Å². The Kier molecular flexibility index (Phi) is 8.06. The van der Waals surface area contributed by atoms with Gasteiger partial charge in [-0.1, -0.05) is 31.8 Å². The molecule has 0 spiro atoms. The number of hydrogen-bond acceptors (Lipinski definition) is 8. The van der Waals surface area contributed by atoms with E-state index in [1.807, 2.05) is 31.4 Å². The van der Waals surface area contributed by atoms with Crippen LogP contribution in [0.1, 0.15) is 69.0 Å². The minimum atomic E-state index is -0.941. The summed E-state index contributed by atoms with van der Waals surface area (Å²) in [6.45, 7) is 5.81. The van der Waals surface area contributed by atoms with E-state index in [2.05, 4.69) is 35.8 Å². The molecule has 12 heteroatoms. The quantitative estimate of drug-likeness (QED) is 0.319. The molecule has 37 heavy (non-hydrogen) atoms. The van der Waals surface area contributed by atoms with Gasteiger partial charge in [-0.05, 0) is 31.4 Å². The molecule has 0 radical (unpaired) electrons. The van der Waals surface area contributed by atoms with E-state index < -0.39 is 12.0 Å². The highest BCUT2D eigenvalue weighted by atomic mass is 16.5. The average molecular weight is 507 g/mol. The summed E-state index contributed by atoms with van der Waals surface area (Å²) in [5, 5.41) is 22.8. The number of hydrogen-bond donors (Lipinski definition) is 3. The summed E-state index contributed by atoms with van der Waals surface area (Å²) in [5.74, 6) is -0.137. The van der Waals surface area contributed by atoms with Crippen molar-refractivity contribution in [3.63, 3.8) is 0 Å². The minimum absolute atomic E-state index is 0.0999. The average Bonchev–Trinajstić information content (AvgIpc) is 3.66. The molecule has 0 aliphatic heterocycles. The summed E-state index contributed by atoms with van der Waals surface area (Å²) in [7, 11) is 0. The number of aliphatic carboxylic acids is 1. The van der Waals surface area contributed by atoms with Crippen molar-refractivity contribution in [1.29, 1.82) is 0 Å². The van der Waals surface area contributed by atoms with Gasteiger partial charge in [0.15, 0.2) is 5.65 Å². The van der Waals surface area contributed by atoms with Crippen LogP contribution in [0.5, 0.6) is 0 Å². The lowest BCUT2D eigenvalue weighted by Gasteiger charge is -2.17. The molecule has 0 bridgehead atoms. The van der Waals surface area contributed by atoms with E-state index in [1.54, 1.807) is 18.5 Å². The Balaban J connectivity index is 0.00000156. The number of nitrogens with zero attached hydrogens (tertiary/aromatic N) is 6. The van der Waals surface area contributed by atoms with Crippen LogP contribution in [0, 0.1) is 6.92 Å². The Morgan fingerprint density at radius 1 is 1.16 bits per heavy atom. The highest BCUT2D eigenvalue weighted by Crippen LogP contribution is 2.37. The van der Waals surface area contributed by atoms with Crippen molar-refractivity contribution in [2.24, 2.45) is 0 Å². The number of rotatable bonds is 7. The van der Waals surface area contributed by atoms with Crippen LogP contribution in [0.15, 0.2) is 35.2 Å². The first kappa shape index (κ1) is 25.7. The summed E-state index contributed by atoms with van der Waals surface area (Å²) in [6.07, 6.45) is 9.33. The Morgan fingerprint density at radius 2 is 1.95 bits per heavy atom. The van der Waals surface area contributed by atoms with Gasteiger partial charge in [-0.15, -0.1) is 0 Å². The molecule has 0 aromatic carbocycles. The SMILES string of the molecule is CC.Cc1cc(NC(=O)Nc2cnc3ccnn3c2C2CCCC2)cnc1-c1noc(CCC(=O)O)n1. The molecule has 2 amide bonds. The Morgan fingerprint density at radius 3 is 2.68 bits per heavy atom. The summed E-state index contributed by atoms with van der Waals surface area (Å²) < 4.78 is 6.91. The number of anilines is 2. The number of carbonyl (C=O) groups is 2. The van der Waals surface area contributed by atoms with Crippen LogP contribution in [0.3, 0.4) is 0 Å². The molecule has 194 valence electrons. The van der Waals surface area contributed by atoms with E-state index in [4.69, 9.17) is 9.63 Å². The second-order valence-corrected chi connectivity index (χ2v) is 8.51. The largest absolute Gasteiger partial charge is 0.481 e. The molecule has 0 saturated heterocycles. The van der Waals surface area contributed by atoms with Gasteiger partial charge in [0.05, 0.1) is 42.1 Å². The van der Waals surface area contributed by atoms with Gasteiger partial charge in [0.1, 0.15) is 5.69 Å². The lowest BCUT2D eigenvalue weighted by atomic mass is 10.0. The maximum atomic E-state index is 12.8. The van der Waals surface area contributed by atoms with Gasteiger partial charge in [0.2, 0.25) is 11.7 Å². The normalized spacial score (nSPS) is 13.3. The van der Waals surface area contributed by atoms with Crippen molar-refractivity contribution in [1.82, 2.24) is 29.7 Å². The molecule has 1 saturated carbocycles.